The Balaban J connectivity index is 1.69. The molecule has 0 fully saturated rings. The van der Waals surface area contributed by atoms with E-state index in [2.05, 4.69) is 5.32 Å². The van der Waals surface area contributed by atoms with Crippen LogP contribution in [-0.2, 0) is 30.2 Å². The lowest BCUT2D eigenvalue weighted by Crippen LogP contribution is -2.55. The first-order chi connectivity index (χ1) is 19.6. The molecule has 226 valence electrons. The third-order valence-corrected chi connectivity index (χ3v) is 5.77. The zero-order valence-corrected chi connectivity index (χ0v) is 24.5. The molecule has 0 spiro atoms. The predicted molar refractivity (Wildman–Crippen MR) is 150 cm³/mol. The molecule has 41 heavy (non-hydrogen) atoms. The van der Waals surface area contributed by atoms with Gasteiger partial charge in [-0.15, -0.1) is 0 Å². The van der Waals surface area contributed by atoms with Crippen molar-refractivity contribution in [2.75, 3.05) is 60.0 Å². The number of fused-ring (bicyclic) bond motifs is 2. The molecule has 11 nitrogen and oxygen atoms in total. The number of nitrogens with one attached hydrogen (secondary N) is 1. The van der Waals surface area contributed by atoms with Gasteiger partial charge >= 0.3 is 12.1 Å². The number of methoxy groups -OCH3 is 1. The third-order valence-electron chi connectivity index (χ3n) is 5.77. The van der Waals surface area contributed by atoms with Crippen LogP contribution in [0.2, 0.25) is 0 Å². The van der Waals surface area contributed by atoms with E-state index in [0.717, 1.165) is 0 Å². The SMILES string of the molecule is COC(=O)[C@](C)(Cc1ccc2c(c1)OCCOCCOc1ccccc1OCCOCCO2)NC(=O)OC(C)(C)C. The first-order valence-corrected chi connectivity index (χ1v) is 13.6. The molecule has 1 heterocycles. The second-order valence-electron chi connectivity index (χ2n) is 10.5. The van der Waals surface area contributed by atoms with Crippen molar-refractivity contribution in [3.05, 3.63) is 48.0 Å². The molecular weight excluding hydrogens is 534 g/mol. The number of amides is 1. The summed E-state index contributed by atoms with van der Waals surface area (Å²) in [5.41, 5.74) is -1.41. The largest absolute Gasteiger partial charge is 0.487 e. The topological polar surface area (TPSA) is 120 Å². The summed E-state index contributed by atoms with van der Waals surface area (Å²) in [6.45, 7) is 9.44. The maximum atomic E-state index is 12.7. The van der Waals surface area contributed by atoms with Gasteiger partial charge in [-0.05, 0) is 57.5 Å². The molecule has 3 rings (SSSR count). The normalized spacial score (nSPS) is 16.7. The van der Waals surface area contributed by atoms with Crippen LogP contribution in [0.4, 0.5) is 4.79 Å². The molecule has 1 atom stereocenters. The molecule has 11 heteroatoms. The van der Waals surface area contributed by atoms with E-state index in [-0.39, 0.29) is 19.6 Å². The lowest BCUT2D eigenvalue weighted by Gasteiger charge is -2.30. The van der Waals surface area contributed by atoms with E-state index in [0.29, 0.717) is 68.2 Å². The molecule has 2 aromatic carbocycles. The van der Waals surface area contributed by atoms with Gasteiger partial charge in [0.15, 0.2) is 23.0 Å². The Hall–Kier alpha value is -3.70. The van der Waals surface area contributed by atoms with Crippen LogP contribution in [0, 0.1) is 0 Å². The van der Waals surface area contributed by atoms with Crippen LogP contribution in [0.3, 0.4) is 0 Å². The molecule has 1 N–H and O–H groups in total. The van der Waals surface area contributed by atoms with Gasteiger partial charge in [-0.3, -0.25) is 0 Å². The third kappa shape index (κ3) is 10.7. The summed E-state index contributed by atoms with van der Waals surface area (Å²) in [7, 11) is 1.27. The second-order valence-corrected chi connectivity index (χ2v) is 10.5. The van der Waals surface area contributed by atoms with Gasteiger partial charge in [0.1, 0.15) is 37.6 Å². The Bertz CT molecular complexity index is 1130. The lowest BCUT2D eigenvalue weighted by atomic mass is 9.92. The van der Waals surface area contributed by atoms with E-state index in [1.807, 2.05) is 24.3 Å². The average Bonchev–Trinajstić information content (AvgIpc) is 2.91. The Kier molecular flexibility index (Phi) is 11.9. The smallest absolute Gasteiger partial charge is 0.408 e. The van der Waals surface area contributed by atoms with Crippen molar-refractivity contribution in [1.82, 2.24) is 5.32 Å². The predicted octanol–water partition coefficient (Wildman–Crippen LogP) is 3.95. The van der Waals surface area contributed by atoms with Crippen molar-refractivity contribution in [3.8, 4) is 23.0 Å². The van der Waals surface area contributed by atoms with E-state index < -0.39 is 23.2 Å². The van der Waals surface area contributed by atoms with E-state index in [1.54, 1.807) is 45.9 Å². The zero-order chi connectivity index (χ0) is 29.7. The van der Waals surface area contributed by atoms with Crippen molar-refractivity contribution < 1.29 is 47.5 Å². The minimum atomic E-state index is -1.39. The van der Waals surface area contributed by atoms with Gasteiger partial charge in [-0.2, -0.15) is 0 Å². The molecule has 0 unspecified atom stereocenters. The molecule has 1 aliphatic heterocycles. The first-order valence-electron chi connectivity index (χ1n) is 13.6. The summed E-state index contributed by atoms with van der Waals surface area (Å²) in [5, 5.41) is 2.66. The fraction of sp³-hybridized carbons (Fsp3) is 0.533. The maximum absolute atomic E-state index is 12.7. The number of hydrogen-bond donors (Lipinski definition) is 1. The standard InChI is InChI=1S/C30H41NO10/c1-29(2,3)41-28(33)31-30(4,27(32)34-5)21-22-10-11-25-26(20-22)40-19-15-36-13-17-38-24-9-7-6-8-23(24)37-16-12-35-14-18-39-25/h6-11,20H,12-19,21H2,1-5H3,(H,31,33)/t30-/m0/s1. The van der Waals surface area contributed by atoms with E-state index >= 15 is 0 Å². The van der Waals surface area contributed by atoms with Gasteiger partial charge in [0.05, 0.1) is 33.5 Å². The Labute approximate surface area is 241 Å². The molecule has 2 aromatic rings. The molecule has 1 amide bonds. The van der Waals surface area contributed by atoms with E-state index in [4.69, 9.17) is 37.9 Å². The van der Waals surface area contributed by atoms with E-state index in [1.165, 1.54) is 7.11 Å². The number of alkyl carbamates (subject to hydrolysis) is 1. The van der Waals surface area contributed by atoms with Crippen LogP contribution in [0.15, 0.2) is 42.5 Å². The summed E-state index contributed by atoms with van der Waals surface area (Å²) >= 11 is 0. The summed E-state index contributed by atoms with van der Waals surface area (Å²) in [5.74, 6) is 1.64. The minimum absolute atomic E-state index is 0.119. The number of ether oxygens (including phenoxy) is 8. The fourth-order valence-electron chi connectivity index (χ4n) is 3.96. The number of benzene rings is 2. The minimum Gasteiger partial charge on any atom is -0.487 e. The van der Waals surface area contributed by atoms with Crippen LogP contribution in [-0.4, -0.2) is 83.2 Å². The first kappa shape index (κ1) is 31.8. The van der Waals surface area contributed by atoms with Gasteiger partial charge in [-0.25, -0.2) is 9.59 Å². The molecule has 0 saturated carbocycles. The molecule has 0 aliphatic carbocycles. The zero-order valence-electron chi connectivity index (χ0n) is 24.5. The molecule has 0 saturated heterocycles. The second kappa shape index (κ2) is 15.3. The number of carbonyl (C=O) groups is 2. The van der Waals surface area contributed by atoms with Gasteiger partial charge in [0.2, 0.25) is 0 Å². The van der Waals surface area contributed by atoms with Crippen LogP contribution in [0.1, 0.15) is 33.3 Å². The molecule has 1 aliphatic rings. The highest BCUT2D eigenvalue weighted by atomic mass is 16.6. The summed E-state index contributed by atoms with van der Waals surface area (Å²) in [6.07, 6.45) is -0.606. The Morgan fingerprint density at radius 3 is 1.71 bits per heavy atom. The molecule has 0 bridgehead atoms. The van der Waals surface area contributed by atoms with Crippen LogP contribution < -0.4 is 24.3 Å². The lowest BCUT2D eigenvalue weighted by molar-refractivity contribution is -0.147. The Morgan fingerprint density at radius 1 is 0.732 bits per heavy atom. The average molecular weight is 576 g/mol. The van der Waals surface area contributed by atoms with Crippen molar-refractivity contribution >= 4 is 12.1 Å². The van der Waals surface area contributed by atoms with Crippen molar-refractivity contribution in [3.63, 3.8) is 0 Å². The number of carbonyl (C=O) groups excluding carboxylic acids is 2. The highest BCUT2D eigenvalue weighted by Gasteiger charge is 2.38. The monoisotopic (exact) mass is 575 g/mol. The highest BCUT2D eigenvalue weighted by molar-refractivity contribution is 5.85. The van der Waals surface area contributed by atoms with Gasteiger partial charge < -0.3 is 43.2 Å². The van der Waals surface area contributed by atoms with Crippen LogP contribution >= 0.6 is 0 Å². The summed E-state index contributed by atoms with van der Waals surface area (Å²) < 4.78 is 45.2. The number of hydrogen-bond acceptors (Lipinski definition) is 10. The fourth-order valence-corrected chi connectivity index (χ4v) is 3.96. The van der Waals surface area contributed by atoms with Gasteiger partial charge in [0, 0.05) is 6.42 Å². The maximum Gasteiger partial charge on any atom is 0.408 e. The highest BCUT2D eigenvalue weighted by Crippen LogP contribution is 2.31. The van der Waals surface area contributed by atoms with Crippen LogP contribution in [0.5, 0.6) is 23.0 Å². The molecular formula is C30H41NO10. The Morgan fingerprint density at radius 2 is 1.22 bits per heavy atom. The summed E-state index contributed by atoms with van der Waals surface area (Å²) in [6, 6.07) is 12.8. The quantitative estimate of drug-likeness (QED) is 0.537. The van der Waals surface area contributed by atoms with Gasteiger partial charge in [-0.1, -0.05) is 18.2 Å². The van der Waals surface area contributed by atoms with Crippen LogP contribution in [0.25, 0.3) is 0 Å². The van der Waals surface area contributed by atoms with E-state index in [9.17, 15) is 9.59 Å². The molecule has 0 aromatic heterocycles. The van der Waals surface area contributed by atoms with Gasteiger partial charge in [0.25, 0.3) is 0 Å². The van der Waals surface area contributed by atoms with Crippen molar-refractivity contribution in [2.24, 2.45) is 0 Å². The number of esters is 1. The molecule has 0 radical (unpaired) electrons. The number of rotatable bonds is 4. The van der Waals surface area contributed by atoms with Crippen molar-refractivity contribution in [1.29, 1.82) is 0 Å². The number of para-hydroxylation sites is 2. The van der Waals surface area contributed by atoms with Crippen molar-refractivity contribution in [2.45, 2.75) is 45.3 Å². The summed E-state index contributed by atoms with van der Waals surface area (Å²) in [4.78, 5) is 25.2.